The summed E-state index contributed by atoms with van der Waals surface area (Å²) in [4.78, 5) is 28.6. The first-order valence-electron chi connectivity index (χ1n) is 8.64. The van der Waals surface area contributed by atoms with Crippen LogP contribution in [0.4, 0.5) is 19.4 Å². The lowest BCUT2D eigenvalue weighted by Gasteiger charge is -2.20. The van der Waals surface area contributed by atoms with E-state index in [0.29, 0.717) is 5.56 Å². The number of halogens is 3. The first-order chi connectivity index (χ1) is 13.1. The molecule has 3 rings (SSSR count). The number of anilines is 1. The zero-order chi connectivity index (χ0) is 20.6. The Hall–Kier alpha value is -2.55. The molecule has 0 radical (unpaired) electrons. The van der Waals surface area contributed by atoms with E-state index in [2.05, 4.69) is 15.4 Å². The SMILES string of the molecule is CC(C)(C)OC(=O)n1ncc(C2CC2)c1NC(=O)c1ccc(C(F)F)nc1Cl. The van der Waals surface area contributed by atoms with Gasteiger partial charge in [-0.25, -0.2) is 18.6 Å². The van der Waals surface area contributed by atoms with Crippen LogP contribution in [0.5, 0.6) is 0 Å². The van der Waals surface area contributed by atoms with E-state index in [-0.39, 0.29) is 22.5 Å². The molecule has 0 spiro atoms. The van der Waals surface area contributed by atoms with E-state index in [1.165, 1.54) is 6.20 Å². The molecule has 1 aliphatic rings. The molecule has 2 heterocycles. The van der Waals surface area contributed by atoms with Crippen molar-refractivity contribution in [2.75, 3.05) is 5.32 Å². The van der Waals surface area contributed by atoms with Gasteiger partial charge in [-0.3, -0.25) is 4.79 Å². The Labute approximate surface area is 165 Å². The molecule has 1 fully saturated rings. The first-order valence-corrected chi connectivity index (χ1v) is 9.02. The van der Waals surface area contributed by atoms with Crippen LogP contribution in [0.3, 0.4) is 0 Å². The minimum Gasteiger partial charge on any atom is -0.442 e. The van der Waals surface area contributed by atoms with E-state index in [9.17, 15) is 18.4 Å². The number of carbonyl (C=O) groups excluding carboxylic acids is 2. The summed E-state index contributed by atoms with van der Waals surface area (Å²) >= 11 is 5.89. The van der Waals surface area contributed by atoms with Crippen molar-refractivity contribution in [1.29, 1.82) is 0 Å². The van der Waals surface area contributed by atoms with Crippen LogP contribution in [0.2, 0.25) is 5.15 Å². The minimum absolute atomic E-state index is 0.0928. The summed E-state index contributed by atoms with van der Waals surface area (Å²) in [6.07, 6.45) is -0.212. The lowest BCUT2D eigenvalue weighted by Crippen LogP contribution is -2.29. The summed E-state index contributed by atoms with van der Waals surface area (Å²) in [5.74, 6) is -0.331. The van der Waals surface area contributed by atoms with Crippen molar-refractivity contribution in [1.82, 2.24) is 14.8 Å². The van der Waals surface area contributed by atoms with E-state index in [0.717, 1.165) is 29.7 Å². The third-order valence-corrected chi connectivity index (χ3v) is 4.24. The number of rotatable bonds is 4. The van der Waals surface area contributed by atoms with Gasteiger partial charge >= 0.3 is 6.09 Å². The Bertz CT molecular complexity index is 920. The highest BCUT2D eigenvalue weighted by atomic mass is 35.5. The molecule has 0 bridgehead atoms. The topological polar surface area (TPSA) is 86.1 Å². The highest BCUT2D eigenvalue weighted by molar-refractivity contribution is 6.33. The maximum atomic E-state index is 12.7. The van der Waals surface area contributed by atoms with E-state index in [1.807, 2.05) is 0 Å². The molecular formula is C18H19ClF2N4O3. The summed E-state index contributed by atoms with van der Waals surface area (Å²) in [7, 11) is 0. The van der Waals surface area contributed by atoms with Gasteiger partial charge in [-0.05, 0) is 51.7 Å². The van der Waals surface area contributed by atoms with Crippen LogP contribution in [-0.2, 0) is 4.74 Å². The van der Waals surface area contributed by atoms with Crippen LogP contribution < -0.4 is 5.32 Å². The van der Waals surface area contributed by atoms with E-state index in [1.54, 1.807) is 20.8 Å². The molecule has 0 aromatic carbocycles. The molecule has 7 nitrogen and oxygen atoms in total. The largest absolute Gasteiger partial charge is 0.442 e. The van der Waals surface area contributed by atoms with Gasteiger partial charge in [-0.1, -0.05) is 11.6 Å². The van der Waals surface area contributed by atoms with E-state index >= 15 is 0 Å². The molecule has 1 aliphatic carbocycles. The number of carbonyl (C=O) groups is 2. The number of amides is 1. The number of hydrogen-bond acceptors (Lipinski definition) is 5. The first kappa shape index (κ1) is 20.2. The Kier molecular flexibility index (Phi) is 5.38. The molecule has 28 heavy (non-hydrogen) atoms. The molecular weight excluding hydrogens is 394 g/mol. The van der Waals surface area contributed by atoms with Crippen LogP contribution in [0.15, 0.2) is 18.3 Å². The maximum absolute atomic E-state index is 12.7. The second kappa shape index (κ2) is 7.46. The third kappa shape index (κ3) is 4.46. The number of nitrogens with one attached hydrogen (secondary N) is 1. The van der Waals surface area contributed by atoms with Gasteiger partial charge < -0.3 is 10.1 Å². The molecule has 1 saturated carbocycles. The smallest absolute Gasteiger partial charge is 0.437 e. The predicted molar refractivity (Wildman–Crippen MR) is 98.0 cm³/mol. The summed E-state index contributed by atoms with van der Waals surface area (Å²) in [6.45, 7) is 5.14. The minimum atomic E-state index is -2.80. The van der Waals surface area contributed by atoms with Crippen molar-refractivity contribution in [2.45, 2.75) is 51.6 Å². The fraction of sp³-hybridized carbons (Fsp3) is 0.444. The van der Waals surface area contributed by atoms with Crippen LogP contribution >= 0.6 is 11.6 Å². The normalized spacial score (nSPS) is 14.2. The number of nitrogens with zero attached hydrogens (tertiary/aromatic N) is 3. The molecule has 1 N–H and O–H groups in total. The van der Waals surface area contributed by atoms with Crippen molar-refractivity contribution in [3.8, 4) is 0 Å². The lowest BCUT2D eigenvalue weighted by molar-refractivity contribution is 0.0518. The standard InChI is InChI=1S/C18H19ClF2N4O3/c1-18(2,3)28-17(27)25-15(11(8-22-25)9-4-5-9)24-16(26)10-6-7-12(14(20)21)23-13(10)19/h6-9,14H,4-5H2,1-3H3,(H,24,26). The van der Waals surface area contributed by atoms with Crippen molar-refractivity contribution in [3.63, 3.8) is 0 Å². The number of alkyl halides is 2. The zero-order valence-corrected chi connectivity index (χ0v) is 16.3. The van der Waals surface area contributed by atoms with Gasteiger partial charge in [0.25, 0.3) is 12.3 Å². The second-order valence-corrected chi connectivity index (χ2v) is 7.80. The summed E-state index contributed by atoms with van der Waals surface area (Å²) in [5, 5.41) is 6.29. The lowest BCUT2D eigenvalue weighted by atomic mass is 10.2. The monoisotopic (exact) mass is 412 g/mol. The molecule has 150 valence electrons. The summed E-state index contributed by atoms with van der Waals surface area (Å²) in [6, 6.07) is 2.19. The molecule has 0 atom stereocenters. The van der Waals surface area contributed by atoms with E-state index < -0.39 is 29.7 Å². The average Bonchev–Trinajstić information content (AvgIpc) is 3.33. The fourth-order valence-corrected chi connectivity index (χ4v) is 2.78. The average molecular weight is 413 g/mol. The van der Waals surface area contributed by atoms with Gasteiger partial charge in [0, 0.05) is 5.56 Å². The second-order valence-electron chi connectivity index (χ2n) is 7.44. The van der Waals surface area contributed by atoms with Crippen molar-refractivity contribution in [3.05, 3.63) is 40.3 Å². The molecule has 2 aromatic rings. The number of aromatic nitrogens is 3. The molecule has 1 amide bonds. The van der Waals surface area contributed by atoms with Crippen molar-refractivity contribution in [2.24, 2.45) is 0 Å². The van der Waals surface area contributed by atoms with Gasteiger partial charge in [0.05, 0.1) is 11.8 Å². The molecule has 10 heteroatoms. The van der Waals surface area contributed by atoms with Gasteiger partial charge in [0.15, 0.2) is 0 Å². The highest BCUT2D eigenvalue weighted by Gasteiger charge is 2.32. The Balaban J connectivity index is 1.90. The Morgan fingerprint density at radius 2 is 2.00 bits per heavy atom. The van der Waals surface area contributed by atoms with Gasteiger partial charge in [0.1, 0.15) is 22.3 Å². The Morgan fingerprint density at radius 1 is 1.32 bits per heavy atom. The van der Waals surface area contributed by atoms with Crippen LogP contribution in [-0.4, -0.2) is 32.4 Å². The molecule has 0 saturated heterocycles. The quantitative estimate of drug-likeness (QED) is 0.730. The van der Waals surface area contributed by atoms with Crippen LogP contribution in [0.25, 0.3) is 0 Å². The zero-order valence-electron chi connectivity index (χ0n) is 15.5. The Morgan fingerprint density at radius 3 is 2.54 bits per heavy atom. The van der Waals surface area contributed by atoms with Gasteiger partial charge in [-0.2, -0.15) is 5.10 Å². The summed E-state index contributed by atoms with van der Waals surface area (Å²) < 4.78 is 31.7. The maximum Gasteiger partial charge on any atom is 0.437 e. The van der Waals surface area contributed by atoms with E-state index in [4.69, 9.17) is 16.3 Å². The highest BCUT2D eigenvalue weighted by Crippen LogP contribution is 2.43. The van der Waals surface area contributed by atoms with Crippen molar-refractivity contribution >= 4 is 29.4 Å². The van der Waals surface area contributed by atoms with Gasteiger partial charge in [-0.15, -0.1) is 4.68 Å². The summed E-state index contributed by atoms with van der Waals surface area (Å²) in [5.41, 5.74) is -0.668. The fourth-order valence-electron chi connectivity index (χ4n) is 2.54. The molecule has 0 aliphatic heterocycles. The number of ether oxygens (including phenoxy) is 1. The van der Waals surface area contributed by atoms with Crippen molar-refractivity contribution < 1.29 is 23.1 Å². The number of pyridine rings is 1. The van der Waals surface area contributed by atoms with Crippen LogP contribution in [0.1, 0.15) is 67.6 Å². The molecule has 2 aromatic heterocycles. The predicted octanol–water partition coefficient (Wildman–Crippen LogP) is 4.78. The third-order valence-electron chi connectivity index (χ3n) is 3.95. The van der Waals surface area contributed by atoms with Gasteiger partial charge in [0.2, 0.25) is 0 Å². The number of hydrogen-bond donors (Lipinski definition) is 1. The molecule has 0 unspecified atom stereocenters. The van der Waals surface area contributed by atoms with Crippen LogP contribution in [0, 0.1) is 0 Å².